The largest absolute Gasteiger partial charge is 0.496 e. The van der Waals surface area contributed by atoms with Gasteiger partial charge in [-0.05, 0) is 26.7 Å². The second kappa shape index (κ2) is 8.27. The van der Waals surface area contributed by atoms with Gasteiger partial charge in [0.2, 0.25) is 5.95 Å². The summed E-state index contributed by atoms with van der Waals surface area (Å²) in [6.07, 6.45) is 7.91. The average Bonchev–Trinajstić information content (AvgIpc) is 3.32. The smallest absolute Gasteiger partial charge is 0.223 e. The van der Waals surface area contributed by atoms with E-state index in [9.17, 15) is 0 Å². The molecule has 164 valence electrons. The number of anilines is 1. The van der Waals surface area contributed by atoms with Gasteiger partial charge in [0, 0.05) is 41.6 Å². The average molecular weight is 440 g/mol. The molecule has 0 radical (unpaired) electrons. The molecule has 1 aliphatic carbocycles. The lowest BCUT2D eigenvalue weighted by Crippen LogP contribution is -2.39. The summed E-state index contributed by atoms with van der Waals surface area (Å²) in [6, 6.07) is 0.988. The molecule has 0 amide bonds. The summed E-state index contributed by atoms with van der Waals surface area (Å²) in [5.74, 6) is 2.12. The fourth-order valence-electron chi connectivity index (χ4n) is 4.86. The molecule has 4 heterocycles. The molecule has 1 aliphatic heterocycles. The number of aromatic nitrogens is 5. The molecule has 5 rings (SSSR count). The van der Waals surface area contributed by atoms with Gasteiger partial charge >= 0.3 is 0 Å². The third kappa shape index (κ3) is 3.85. The predicted octanol–water partition coefficient (Wildman–Crippen LogP) is 3.03. The zero-order valence-electron chi connectivity index (χ0n) is 18.3. The summed E-state index contributed by atoms with van der Waals surface area (Å²) in [6.45, 7) is 4.56. The van der Waals surface area contributed by atoms with E-state index < -0.39 is 0 Å². The first-order chi connectivity index (χ1) is 15.0. The number of methoxy groups -OCH3 is 1. The van der Waals surface area contributed by atoms with Crippen molar-refractivity contribution in [3.05, 3.63) is 28.7 Å². The summed E-state index contributed by atoms with van der Waals surface area (Å²) in [7, 11) is 1.70. The highest BCUT2D eigenvalue weighted by atomic mass is 32.2. The predicted molar refractivity (Wildman–Crippen MR) is 123 cm³/mol. The van der Waals surface area contributed by atoms with Crippen molar-refractivity contribution >= 4 is 28.7 Å². The molecule has 3 N–H and O–H groups in total. The minimum atomic E-state index is 0.288. The molecule has 1 atom stereocenters. The van der Waals surface area contributed by atoms with Crippen LogP contribution in [0.2, 0.25) is 0 Å². The maximum atomic E-state index is 6.08. The molecule has 1 fully saturated rings. The molecule has 0 aromatic carbocycles. The van der Waals surface area contributed by atoms with Crippen LogP contribution in [0.4, 0.5) is 5.95 Å². The molecular weight excluding hydrogens is 410 g/mol. The number of nitrogens with two attached hydrogens (primary N) is 1. The van der Waals surface area contributed by atoms with Gasteiger partial charge < -0.3 is 15.8 Å². The molecule has 1 saturated carbocycles. The van der Waals surface area contributed by atoms with Crippen molar-refractivity contribution in [3.63, 3.8) is 0 Å². The van der Waals surface area contributed by atoms with Gasteiger partial charge in [-0.25, -0.2) is 9.67 Å². The van der Waals surface area contributed by atoms with Crippen molar-refractivity contribution in [2.75, 3.05) is 18.6 Å². The minimum absolute atomic E-state index is 0.288. The van der Waals surface area contributed by atoms with Crippen LogP contribution in [-0.2, 0) is 13.0 Å². The van der Waals surface area contributed by atoms with Crippen LogP contribution in [0.15, 0.2) is 11.2 Å². The SMILES string of the molecule is COc1c(C)cnc(Cn2nc3c4c(nc(N)nc42)SCC(NC2CCCC2)C3)c1C. The van der Waals surface area contributed by atoms with E-state index in [0.717, 1.165) is 56.5 Å². The van der Waals surface area contributed by atoms with E-state index in [0.29, 0.717) is 18.6 Å². The first-order valence-electron chi connectivity index (χ1n) is 10.9. The molecular formula is C22H29N7OS. The van der Waals surface area contributed by atoms with Gasteiger partial charge in [0.15, 0.2) is 5.65 Å². The summed E-state index contributed by atoms with van der Waals surface area (Å²) >= 11 is 1.76. The fraction of sp³-hybridized carbons (Fsp3) is 0.545. The van der Waals surface area contributed by atoms with Crippen molar-refractivity contribution in [3.8, 4) is 5.75 Å². The Bertz CT molecular complexity index is 1120. The molecule has 0 spiro atoms. The molecule has 1 unspecified atom stereocenters. The van der Waals surface area contributed by atoms with Crippen LogP contribution < -0.4 is 15.8 Å². The Morgan fingerprint density at radius 3 is 2.81 bits per heavy atom. The van der Waals surface area contributed by atoms with Crippen LogP contribution in [0, 0.1) is 13.8 Å². The molecule has 8 nitrogen and oxygen atoms in total. The Morgan fingerprint density at radius 2 is 2.03 bits per heavy atom. The number of pyridine rings is 1. The van der Waals surface area contributed by atoms with Crippen molar-refractivity contribution in [1.29, 1.82) is 0 Å². The minimum Gasteiger partial charge on any atom is -0.496 e. The molecule has 0 bridgehead atoms. The Kier molecular flexibility index (Phi) is 5.47. The van der Waals surface area contributed by atoms with E-state index in [1.807, 2.05) is 24.7 Å². The maximum absolute atomic E-state index is 6.08. The zero-order chi connectivity index (χ0) is 21.5. The number of rotatable bonds is 5. The topological polar surface area (TPSA) is 104 Å². The third-order valence-electron chi connectivity index (χ3n) is 6.39. The Labute approximate surface area is 186 Å². The summed E-state index contributed by atoms with van der Waals surface area (Å²) < 4.78 is 7.51. The van der Waals surface area contributed by atoms with Gasteiger partial charge in [0.05, 0.1) is 30.4 Å². The molecule has 3 aromatic rings. The van der Waals surface area contributed by atoms with Crippen LogP contribution in [0.1, 0.15) is 48.2 Å². The van der Waals surface area contributed by atoms with Crippen LogP contribution >= 0.6 is 11.8 Å². The van der Waals surface area contributed by atoms with Crippen LogP contribution in [0.25, 0.3) is 11.0 Å². The fourth-order valence-corrected chi connectivity index (χ4v) is 5.95. The lowest BCUT2D eigenvalue weighted by molar-refractivity contribution is 0.406. The summed E-state index contributed by atoms with van der Waals surface area (Å²) in [4.78, 5) is 13.8. The normalized spacial score (nSPS) is 19.1. The third-order valence-corrected chi connectivity index (χ3v) is 7.52. The molecule has 9 heteroatoms. The Balaban J connectivity index is 1.52. The Hall–Kier alpha value is -2.39. The monoisotopic (exact) mass is 439 g/mol. The van der Waals surface area contributed by atoms with Crippen molar-refractivity contribution in [2.45, 2.75) is 69.6 Å². The Morgan fingerprint density at radius 1 is 1.23 bits per heavy atom. The van der Waals surface area contributed by atoms with Crippen molar-refractivity contribution < 1.29 is 4.74 Å². The highest BCUT2D eigenvalue weighted by molar-refractivity contribution is 7.99. The van der Waals surface area contributed by atoms with Crippen LogP contribution in [0.3, 0.4) is 0 Å². The number of hydrogen-bond donors (Lipinski definition) is 2. The second-order valence-electron chi connectivity index (χ2n) is 8.60. The highest BCUT2D eigenvalue weighted by Gasteiger charge is 2.28. The maximum Gasteiger partial charge on any atom is 0.223 e. The van der Waals surface area contributed by atoms with Crippen LogP contribution in [-0.4, -0.2) is 49.7 Å². The highest BCUT2D eigenvalue weighted by Crippen LogP contribution is 2.34. The zero-order valence-corrected chi connectivity index (χ0v) is 19.1. The van der Waals surface area contributed by atoms with Gasteiger partial charge in [-0.3, -0.25) is 4.98 Å². The van der Waals surface area contributed by atoms with Gasteiger partial charge in [-0.1, -0.05) is 12.8 Å². The lowest BCUT2D eigenvalue weighted by atomic mass is 10.1. The molecule has 0 saturated heterocycles. The first kappa shape index (κ1) is 20.5. The number of ether oxygens (including phenoxy) is 1. The molecule has 2 aliphatic rings. The van der Waals surface area contributed by atoms with E-state index in [-0.39, 0.29) is 5.95 Å². The summed E-state index contributed by atoms with van der Waals surface area (Å²) in [5.41, 5.74) is 10.9. The number of aryl methyl sites for hydroxylation is 1. The standard InChI is InChI=1S/C22H29N7OS/c1-12-9-24-17(13(2)19(12)30-3)10-29-20-18-16(28-29)8-15(25-14-6-4-5-7-14)11-31-21(18)27-22(23)26-20/h9,14-15,25H,4-8,10-11H2,1-3H3,(H2,23,26,27). The number of nitrogen functional groups attached to an aromatic ring is 1. The first-order valence-corrected chi connectivity index (χ1v) is 11.9. The van der Waals surface area contributed by atoms with E-state index in [1.165, 1.54) is 25.7 Å². The summed E-state index contributed by atoms with van der Waals surface area (Å²) in [5, 5.41) is 10.8. The van der Waals surface area contributed by atoms with Gasteiger partial charge in [0.25, 0.3) is 0 Å². The molecule has 31 heavy (non-hydrogen) atoms. The van der Waals surface area contributed by atoms with E-state index in [4.69, 9.17) is 15.6 Å². The van der Waals surface area contributed by atoms with Crippen LogP contribution in [0.5, 0.6) is 5.75 Å². The lowest BCUT2D eigenvalue weighted by Gasteiger charge is -2.20. The number of nitrogens with one attached hydrogen (secondary N) is 1. The van der Waals surface area contributed by atoms with Gasteiger partial charge in [-0.15, -0.1) is 11.8 Å². The van der Waals surface area contributed by atoms with E-state index >= 15 is 0 Å². The number of hydrogen-bond acceptors (Lipinski definition) is 8. The van der Waals surface area contributed by atoms with E-state index in [2.05, 4.69) is 20.3 Å². The quantitative estimate of drug-likeness (QED) is 0.585. The van der Waals surface area contributed by atoms with Gasteiger partial charge in [0.1, 0.15) is 10.8 Å². The van der Waals surface area contributed by atoms with E-state index in [1.54, 1.807) is 18.9 Å². The van der Waals surface area contributed by atoms with Crippen molar-refractivity contribution in [2.24, 2.45) is 0 Å². The number of nitrogens with zero attached hydrogens (tertiary/aromatic N) is 5. The molecule has 3 aromatic heterocycles. The van der Waals surface area contributed by atoms with Crippen molar-refractivity contribution in [1.82, 2.24) is 30.0 Å². The van der Waals surface area contributed by atoms with Gasteiger partial charge in [-0.2, -0.15) is 10.1 Å². The second-order valence-corrected chi connectivity index (χ2v) is 9.60. The number of thioether (sulfide) groups is 1.